The number of anilines is 1. The van der Waals surface area contributed by atoms with Crippen LogP contribution in [0.15, 0.2) is 12.3 Å². The fraction of sp³-hybridized carbons (Fsp3) is 0.545. The zero-order valence-corrected chi connectivity index (χ0v) is 10.0. The molecule has 0 radical (unpaired) electrons. The number of carbonyl (C=O) groups is 1. The van der Waals surface area contributed by atoms with Gasteiger partial charge in [0, 0.05) is 24.7 Å². The van der Waals surface area contributed by atoms with Crippen molar-refractivity contribution in [2.24, 2.45) is 0 Å². The van der Waals surface area contributed by atoms with Crippen molar-refractivity contribution >= 4 is 11.9 Å². The van der Waals surface area contributed by atoms with Crippen LogP contribution in [0, 0.1) is 0 Å². The van der Waals surface area contributed by atoms with E-state index in [-0.39, 0.29) is 12.5 Å². The molecule has 0 amide bonds. The fourth-order valence-electron chi connectivity index (χ4n) is 1.27. The molecule has 1 aromatic rings. The molecular formula is C11H17N3O3. The third-order valence-corrected chi connectivity index (χ3v) is 2.09. The van der Waals surface area contributed by atoms with E-state index < -0.39 is 5.97 Å². The first-order valence-corrected chi connectivity index (χ1v) is 5.56. The van der Waals surface area contributed by atoms with Crippen LogP contribution in [0.25, 0.3) is 0 Å². The van der Waals surface area contributed by atoms with E-state index in [9.17, 15) is 4.79 Å². The third kappa shape index (κ3) is 5.14. The van der Waals surface area contributed by atoms with Crippen molar-refractivity contribution in [2.45, 2.75) is 32.7 Å². The van der Waals surface area contributed by atoms with Crippen LogP contribution >= 0.6 is 0 Å². The van der Waals surface area contributed by atoms with Crippen LogP contribution in [0.2, 0.25) is 0 Å². The molecule has 0 aliphatic heterocycles. The Labute approximate surface area is 100 Å². The molecular weight excluding hydrogens is 222 g/mol. The molecule has 0 aliphatic rings. The highest BCUT2D eigenvalue weighted by atomic mass is 16.5. The number of hydrogen-bond donors (Lipinski definition) is 2. The molecule has 6 nitrogen and oxygen atoms in total. The molecule has 0 saturated carbocycles. The predicted octanol–water partition coefficient (Wildman–Crippen LogP) is 1.54. The van der Waals surface area contributed by atoms with Crippen LogP contribution in [0.1, 0.15) is 26.7 Å². The van der Waals surface area contributed by atoms with Gasteiger partial charge in [0.15, 0.2) is 0 Å². The minimum Gasteiger partial charge on any atom is -0.481 e. The number of aliphatic carboxylic acids is 1. The number of aromatic nitrogens is 2. The van der Waals surface area contributed by atoms with Gasteiger partial charge in [-0.1, -0.05) is 0 Å². The number of ether oxygens (including phenoxy) is 1. The van der Waals surface area contributed by atoms with Gasteiger partial charge in [-0.25, -0.2) is 4.98 Å². The van der Waals surface area contributed by atoms with Crippen molar-refractivity contribution in [3.05, 3.63) is 12.3 Å². The van der Waals surface area contributed by atoms with Crippen LogP contribution in [0.5, 0.6) is 5.88 Å². The standard InChI is InChI=1S/C11H17N3O3/c1-3-17-9-6-7-12-11(14-9)13-8(2)4-5-10(15)16/h6-8H,3-5H2,1-2H3,(H,15,16)(H,12,13,14). The first kappa shape index (κ1) is 13.2. The van der Waals surface area contributed by atoms with Gasteiger partial charge in [-0.15, -0.1) is 0 Å². The normalized spacial score (nSPS) is 11.9. The van der Waals surface area contributed by atoms with Crippen LogP contribution in [-0.2, 0) is 4.79 Å². The molecule has 1 rings (SSSR count). The van der Waals surface area contributed by atoms with Gasteiger partial charge in [0.25, 0.3) is 0 Å². The fourth-order valence-corrected chi connectivity index (χ4v) is 1.27. The van der Waals surface area contributed by atoms with Gasteiger partial charge in [-0.05, 0) is 20.3 Å². The van der Waals surface area contributed by atoms with Gasteiger partial charge in [-0.3, -0.25) is 4.79 Å². The van der Waals surface area contributed by atoms with Crippen LogP contribution < -0.4 is 10.1 Å². The summed E-state index contributed by atoms with van der Waals surface area (Å²) in [7, 11) is 0. The average molecular weight is 239 g/mol. The molecule has 94 valence electrons. The van der Waals surface area contributed by atoms with E-state index in [1.165, 1.54) is 0 Å². The van der Waals surface area contributed by atoms with Gasteiger partial charge in [0.2, 0.25) is 11.8 Å². The third-order valence-electron chi connectivity index (χ3n) is 2.09. The van der Waals surface area contributed by atoms with Crippen molar-refractivity contribution in [2.75, 3.05) is 11.9 Å². The second-order valence-corrected chi connectivity index (χ2v) is 3.63. The molecule has 0 aliphatic carbocycles. The lowest BCUT2D eigenvalue weighted by molar-refractivity contribution is -0.137. The molecule has 2 N–H and O–H groups in total. The summed E-state index contributed by atoms with van der Waals surface area (Å²) < 4.78 is 5.24. The zero-order valence-electron chi connectivity index (χ0n) is 10.0. The Morgan fingerprint density at radius 1 is 1.65 bits per heavy atom. The van der Waals surface area contributed by atoms with E-state index in [1.807, 2.05) is 13.8 Å². The van der Waals surface area contributed by atoms with E-state index in [1.54, 1.807) is 12.3 Å². The van der Waals surface area contributed by atoms with Crippen molar-refractivity contribution in [1.82, 2.24) is 9.97 Å². The van der Waals surface area contributed by atoms with Crippen molar-refractivity contribution in [3.63, 3.8) is 0 Å². The highest BCUT2D eigenvalue weighted by Crippen LogP contribution is 2.10. The molecule has 0 saturated heterocycles. The Morgan fingerprint density at radius 3 is 3.06 bits per heavy atom. The van der Waals surface area contributed by atoms with E-state index in [0.717, 1.165) is 0 Å². The second kappa shape index (κ2) is 6.67. The maximum absolute atomic E-state index is 10.4. The molecule has 0 fully saturated rings. The van der Waals surface area contributed by atoms with Crippen LogP contribution in [0.4, 0.5) is 5.95 Å². The van der Waals surface area contributed by atoms with Crippen molar-refractivity contribution < 1.29 is 14.6 Å². The molecule has 6 heteroatoms. The Hall–Kier alpha value is -1.85. The molecule has 0 aromatic carbocycles. The SMILES string of the molecule is CCOc1ccnc(NC(C)CCC(=O)O)n1. The van der Waals surface area contributed by atoms with Gasteiger partial charge in [-0.2, -0.15) is 4.98 Å². The Bertz CT molecular complexity index is 371. The number of nitrogens with one attached hydrogen (secondary N) is 1. The minimum atomic E-state index is -0.803. The molecule has 17 heavy (non-hydrogen) atoms. The summed E-state index contributed by atoms with van der Waals surface area (Å²) in [5, 5.41) is 11.6. The summed E-state index contributed by atoms with van der Waals surface area (Å²) in [5.41, 5.74) is 0. The molecule has 1 atom stereocenters. The van der Waals surface area contributed by atoms with Crippen LogP contribution in [0.3, 0.4) is 0 Å². The topological polar surface area (TPSA) is 84.3 Å². The lowest BCUT2D eigenvalue weighted by Crippen LogP contribution is -2.18. The maximum atomic E-state index is 10.4. The summed E-state index contributed by atoms with van der Waals surface area (Å²) in [6.07, 6.45) is 2.25. The first-order valence-electron chi connectivity index (χ1n) is 5.56. The summed E-state index contributed by atoms with van der Waals surface area (Å²) in [5.74, 6) is 0.159. The van der Waals surface area contributed by atoms with E-state index in [0.29, 0.717) is 24.9 Å². The Kier molecular flexibility index (Phi) is 5.19. The van der Waals surface area contributed by atoms with Crippen LogP contribution in [-0.4, -0.2) is 33.7 Å². The van der Waals surface area contributed by atoms with Crippen molar-refractivity contribution in [1.29, 1.82) is 0 Å². The molecule has 1 aromatic heterocycles. The lowest BCUT2D eigenvalue weighted by Gasteiger charge is -2.12. The molecule has 0 bridgehead atoms. The maximum Gasteiger partial charge on any atom is 0.303 e. The monoisotopic (exact) mass is 239 g/mol. The smallest absolute Gasteiger partial charge is 0.303 e. The second-order valence-electron chi connectivity index (χ2n) is 3.63. The average Bonchev–Trinajstić information content (AvgIpc) is 2.27. The Morgan fingerprint density at radius 2 is 2.41 bits per heavy atom. The largest absolute Gasteiger partial charge is 0.481 e. The Balaban J connectivity index is 2.49. The van der Waals surface area contributed by atoms with Gasteiger partial charge < -0.3 is 15.2 Å². The number of nitrogens with zero attached hydrogens (tertiary/aromatic N) is 2. The van der Waals surface area contributed by atoms with E-state index in [2.05, 4.69) is 15.3 Å². The summed E-state index contributed by atoms with van der Waals surface area (Å²) >= 11 is 0. The number of hydrogen-bond acceptors (Lipinski definition) is 5. The first-order chi connectivity index (χ1) is 8.11. The summed E-state index contributed by atoms with van der Waals surface area (Å²) in [6.45, 7) is 4.31. The highest BCUT2D eigenvalue weighted by molar-refractivity contribution is 5.66. The van der Waals surface area contributed by atoms with Crippen molar-refractivity contribution in [3.8, 4) is 5.88 Å². The van der Waals surface area contributed by atoms with E-state index >= 15 is 0 Å². The lowest BCUT2D eigenvalue weighted by atomic mass is 10.2. The number of carboxylic acid groups (broad SMARTS) is 1. The highest BCUT2D eigenvalue weighted by Gasteiger charge is 2.07. The zero-order chi connectivity index (χ0) is 12.7. The number of rotatable bonds is 7. The van der Waals surface area contributed by atoms with E-state index in [4.69, 9.17) is 9.84 Å². The van der Waals surface area contributed by atoms with Gasteiger partial charge >= 0.3 is 5.97 Å². The predicted molar refractivity (Wildman–Crippen MR) is 63.2 cm³/mol. The van der Waals surface area contributed by atoms with Gasteiger partial charge in [0.1, 0.15) is 0 Å². The quantitative estimate of drug-likeness (QED) is 0.750. The number of carboxylic acids is 1. The summed E-state index contributed by atoms with van der Waals surface area (Å²) in [6, 6.07) is 1.68. The molecule has 1 heterocycles. The van der Waals surface area contributed by atoms with Gasteiger partial charge in [0.05, 0.1) is 6.61 Å². The molecule has 0 spiro atoms. The minimum absolute atomic E-state index is 0.00276. The molecule has 1 unspecified atom stereocenters. The summed E-state index contributed by atoms with van der Waals surface area (Å²) in [4.78, 5) is 18.6.